The SMILES string of the molecule is O=Cc1ccc2ccc3c(c2n1)NCCO3. The molecule has 0 amide bonds. The van der Waals surface area contributed by atoms with E-state index in [1.807, 2.05) is 18.2 Å². The summed E-state index contributed by atoms with van der Waals surface area (Å²) in [6.07, 6.45) is 0.752. The molecule has 2 heterocycles. The Bertz CT molecular complexity index is 566. The van der Waals surface area contributed by atoms with E-state index in [1.54, 1.807) is 6.07 Å². The summed E-state index contributed by atoms with van der Waals surface area (Å²) in [4.78, 5) is 15.0. The van der Waals surface area contributed by atoms with Crippen LogP contribution in [-0.2, 0) is 0 Å². The number of anilines is 1. The second-order valence-electron chi connectivity index (χ2n) is 3.64. The van der Waals surface area contributed by atoms with E-state index in [9.17, 15) is 4.79 Å². The average molecular weight is 214 g/mol. The van der Waals surface area contributed by atoms with Gasteiger partial charge < -0.3 is 10.1 Å². The lowest BCUT2D eigenvalue weighted by atomic mass is 10.1. The van der Waals surface area contributed by atoms with Gasteiger partial charge in [0, 0.05) is 11.9 Å². The van der Waals surface area contributed by atoms with Crippen LogP contribution < -0.4 is 10.1 Å². The van der Waals surface area contributed by atoms with E-state index >= 15 is 0 Å². The minimum atomic E-state index is 0.438. The number of pyridine rings is 1. The van der Waals surface area contributed by atoms with E-state index in [1.165, 1.54) is 0 Å². The maximum atomic E-state index is 10.7. The van der Waals surface area contributed by atoms with Crippen molar-refractivity contribution in [3.8, 4) is 5.75 Å². The Morgan fingerprint density at radius 2 is 2.19 bits per heavy atom. The quantitative estimate of drug-likeness (QED) is 0.736. The Balaban J connectivity index is 2.31. The molecule has 0 aliphatic carbocycles. The highest BCUT2D eigenvalue weighted by molar-refractivity contribution is 5.95. The number of hydrogen-bond acceptors (Lipinski definition) is 4. The number of aromatic nitrogens is 1. The Hall–Kier alpha value is -2.10. The molecule has 4 heteroatoms. The van der Waals surface area contributed by atoms with Crippen molar-refractivity contribution in [2.75, 3.05) is 18.5 Å². The lowest BCUT2D eigenvalue weighted by molar-refractivity contribution is 0.111. The molecule has 0 saturated heterocycles. The van der Waals surface area contributed by atoms with Crippen LogP contribution in [-0.4, -0.2) is 24.4 Å². The molecule has 1 aromatic carbocycles. The zero-order chi connectivity index (χ0) is 11.0. The highest BCUT2D eigenvalue weighted by Crippen LogP contribution is 2.33. The number of rotatable bonds is 1. The van der Waals surface area contributed by atoms with Crippen LogP contribution in [0.2, 0.25) is 0 Å². The molecular formula is C12H10N2O2. The number of carbonyl (C=O) groups is 1. The van der Waals surface area contributed by atoms with Gasteiger partial charge in [-0.05, 0) is 18.2 Å². The first kappa shape index (κ1) is 9.15. The molecule has 0 radical (unpaired) electrons. The first-order valence-corrected chi connectivity index (χ1v) is 5.14. The van der Waals surface area contributed by atoms with Crippen LogP contribution in [0.1, 0.15) is 10.5 Å². The largest absolute Gasteiger partial charge is 0.490 e. The molecule has 0 fully saturated rings. The van der Waals surface area contributed by atoms with Crippen molar-refractivity contribution < 1.29 is 9.53 Å². The van der Waals surface area contributed by atoms with E-state index in [0.717, 1.165) is 35.2 Å². The average Bonchev–Trinajstić information content (AvgIpc) is 2.38. The first-order valence-electron chi connectivity index (χ1n) is 5.14. The molecule has 1 N–H and O–H groups in total. The second kappa shape index (κ2) is 3.48. The van der Waals surface area contributed by atoms with Gasteiger partial charge in [0.2, 0.25) is 0 Å². The Kier molecular flexibility index (Phi) is 1.99. The molecular weight excluding hydrogens is 204 g/mol. The molecule has 0 unspecified atom stereocenters. The number of nitrogens with one attached hydrogen (secondary N) is 1. The molecule has 0 atom stereocenters. The predicted octanol–water partition coefficient (Wildman–Crippen LogP) is 1.85. The second-order valence-corrected chi connectivity index (χ2v) is 3.64. The molecule has 2 aromatic rings. The van der Waals surface area contributed by atoms with Crippen LogP contribution >= 0.6 is 0 Å². The molecule has 0 spiro atoms. The van der Waals surface area contributed by atoms with Crippen molar-refractivity contribution in [3.63, 3.8) is 0 Å². The van der Waals surface area contributed by atoms with Gasteiger partial charge in [0.1, 0.15) is 23.7 Å². The Morgan fingerprint density at radius 1 is 1.31 bits per heavy atom. The van der Waals surface area contributed by atoms with Gasteiger partial charge >= 0.3 is 0 Å². The van der Waals surface area contributed by atoms with Crippen molar-refractivity contribution in [1.82, 2.24) is 4.98 Å². The summed E-state index contributed by atoms with van der Waals surface area (Å²) in [5, 5.41) is 4.26. The van der Waals surface area contributed by atoms with E-state index in [-0.39, 0.29) is 0 Å². The van der Waals surface area contributed by atoms with Gasteiger partial charge in [-0.15, -0.1) is 0 Å². The Labute approximate surface area is 92.2 Å². The third-order valence-corrected chi connectivity index (χ3v) is 2.63. The number of hydrogen-bond donors (Lipinski definition) is 1. The minimum absolute atomic E-state index is 0.438. The maximum absolute atomic E-state index is 10.7. The van der Waals surface area contributed by atoms with Crippen molar-refractivity contribution in [1.29, 1.82) is 0 Å². The van der Waals surface area contributed by atoms with Crippen LogP contribution in [0.15, 0.2) is 24.3 Å². The summed E-state index contributed by atoms with van der Waals surface area (Å²) < 4.78 is 5.51. The summed E-state index contributed by atoms with van der Waals surface area (Å²) >= 11 is 0. The summed E-state index contributed by atoms with van der Waals surface area (Å²) in [5.74, 6) is 0.800. The van der Waals surface area contributed by atoms with Crippen molar-refractivity contribution >= 4 is 22.9 Å². The third-order valence-electron chi connectivity index (χ3n) is 2.63. The molecule has 4 nitrogen and oxygen atoms in total. The van der Waals surface area contributed by atoms with Crippen LogP contribution in [0.5, 0.6) is 5.75 Å². The fourth-order valence-corrected chi connectivity index (χ4v) is 1.88. The predicted molar refractivity (Wildman–Crippen MR) is 61.1 cm³/mol. The topological polar surface area (TPSA) is 51.2 Å². The number of nitrogens with zero attached hydrogens (tertiary/aromatic N) is 1. The minimum Gasteiger partial charge on any atom is -0.490 e. The van der Waals surface area contributed by atoms with Gasteiger partial charge in [-0.3, -0.25) is 4.79 Å². The van der Waals surface area contributed by atoms with Gasteiger partial charge in [0.25, 0.3) is 0 Å². The molecule has 0 saturated carbocycles. The van der Waals surface area contributed by atoms with Crippen LogP contribution in [0.4, 0.5) is 5.69 Å². The summed E-state index contributed by atoms with van der Waals surface area (Å²) in [5.41, 5.74) is 2.11. The van der Waals surface area contributed by atoms with E-state index in [0.29, 0.717) is 12.3 Å². The number of carbonyl (C=O) groups excluding carboxylic acids is 1. The number of ether oxygens (including phenoxy) is 1. The van der Waals surface area contributed by atoms with Gasteiger partial charge in [0.05, 0.1) is 5.52 Å². The molecule has 1 aliphatic heterocycles. The van der Waals surface area contributed by atoms with Gasteiger partial charge in [-0.1, -0.05) is 6.07 Å². The van der Waals surface area contributed by atoms with Crippen LogP contribution in [0.3, 0.4) is 0 Å². The van der Waals surface area contributed by atoms with Crippen LogP contribution in [0.25, 0.3) is 10.9 Å². The summed E-state index contributed by atoms with van der Waals surface area (Å²) in [6.45, 7) is 1.42. The zero-order valence-corrected chi connectivity index (χ0v) is 8.56. The third kappa shape index (κ3) is 1.31. The molecule has 1 aliphatic rings. The lowest BCUT2D eigenvalue weighted by Crippen LogP contribution is -2.18. The Morgan fingerprint density at radius 3 is 3.06 bits per heavy atom. The summed E-state index contributed by atoms with van der Waals surface area (Å²) in [7, 11) is 0. The van der Waals surface area contributed by atoms with Gasteiger partial charge in [-0.25, -0.2) is 4.98 Å². The van der Waals surface area contributed by atoms with Crippen molar-refractivity contribution in [2.24, 2.45) is 0 Å². The standard InChI is InChI=1S/C12H10N2O2/c15-7-9-3-1-8-2-4-10-12(11(8)14-9)13-5-6-16-10/h1-4,7,13H,5-6H2. The van der Waals surface area contributed by atoms with Crippen molar-refractivity contribution in [3.05, 3.63) is 30.0 Å². The molecule has 3 rings (SSSR count). The highest BCUT2D eigenvalue weighted by Gasteiger charge is 2.13. The number of aldehydes is 1. The molecule has 80 valence electrons. The summed E-state index contributed by atoms with van der Waals surface area (Å²) in [6, 6.07) is 7.48. The van der Waals surface area contributed by atoms with E-state index < -0.39 is 0 Å². The molecule has 1 aromatic heterocycles. The normalized spacial score (nSPS) is 13.8. The fraction of sp³-hybridized carbons (Fsp3) is 0.167. The highest BCUT2D eigenvalue weighted by atomic mass is 16.5. The van der Waals surface area contributed by atoms with Crippen LogP contribution in [0, 0.1) is 0 Å². The number of fused-ring (bicyclic) bond motifs is 3. The molecule has 16 heavy (non-hydrogen) atoms. The number of benzene rings is 1. The lowest BCUT2D eigenvalue weighted by Gasteiger charge is -2.20. The monoisotopic (exact) mass is 214 g/mol. The smallest absolute Gasteiger partial charge is 0.168 e. The molecule has 0 bridgehead atoms. The van der Waals surface area contributed by atoms with E-state index in [2.05, 4.69) is 10.3 Å². The zero-order valence-electron chi connectivity index (χ0n) is 8.56. The van der Waals surface area contributed by atoms with Gasteiger partial charge in [0.15, 0.2) is 6.29 Å². The van der Waals surface area contributed by atoms with Crippen molar-refractivity contribution in [2.45, 2.75) is 0 Å². The maximum Gasteiger partial charge on any atom is 0.168 e. The van der Waals surface area contributed by atoms with E-state index in [4.69, 9.17) is 4.74 Å². The first-order chi connectivity index (χ1) is 7.88. The van der Waals surface area contributed by atoms with Gasteiger partial charge in [-0.2, -0.15) is 0 Å². The fourth-order valence-electron chi connectivity index (χ4n) is 1.88.